The molecule has 5 aromatic rings. The second-order valence-corrected chi connectivity index (χ2v) is 10.3. The average Bonchev–Trinajstić information content (AvgIpc) is 2.97. The molecule has 0 radical (unpaired) electrons. The molecule has 38 heavy (non-hydrogen) atoms. The maximum Gasteiger partial charge on any atom is 0.160 e. The number of hydrogen-bond acceptors (Lipinski definition) is 4. The van der Waals surface area contributed by atoms with Gasteiger partial charge in [0.1, 0.15) is 5.82 Å². The molecular weight excluding hydrogens is 495 g/mol. The van der Waals surface area contributed by atoms with Crippen LogP contribution >= 0.6 is 11.6 Å². The van der Waals surface area contributed by atoms with Gasteiger partial charge in [0.2, 0.25) is 0 Å². The van der Waals surface area contributed by atoms with E-state index in [0.29, 0.717) is 21.9 Å². The van der Waals surface area contributed by atoms with Gasteiger partial charge in [0.25, 0.3) is 0 Å². The van der Waals surface area contributed by atoms with Gasteiger partial charge >= 0.3 is 0 Å². The second-order valence-electron chi connectivity index (χ2n) is 9.87. The molecule has 0 saturated carbocycles. The normalized spacial score (nSPS) is 14.2. The van der Waals surface area contributed by atoms with Gasteiger partial charge in [-0.3, -0.25) is 4.98 Å². The van der Waals surface area contributed by atoms with Crippen molar-refractivity contribution in [2.45, 2.75) is 25.7 Å². The third-order valence-corrected chi connectivity index (χ3v) is 7.53. The number of rotatable bonds is 6. The Balaban J connectivity index is 1.32. The Bertz CT molecular complexity index is 1580. The highest BCUT2D eigenvalue weighted by Gasteiger charge is 2.15. The molecule has 0 N–H and O–H groups in total. The van der Waals surface area contributed by atoms with Crippen LogP contribution in [-0.4, -0.2) is 39.5 Å². The lowest BCUT2D eigenvalue weighted by Crippen LogP contribution is -2.31. The van der Waals surface area contributed by atoms with Crippen LogP contribution in [0.3, 0.4) is 0 Å². The summed E-state index contributed by atoms with van der Waals surface area (Å²) >= 11 is 6.18. The molecule has 1 saturated heterocycles. The van der Waals surface area contributed by atoms with E-state index in [9.17, 15) is 4.39 Å². The van der Waals surface area contributed by atoms with E-state index in [1.54, 1.807) is 12.3 Å². The molecular formula is C32H28ClFN4. The van der Waals surface area contributed by atoms with Crippen LogP contribution in [0.2, 0.25) is 5.02 Å². The van der Waals surface area contributed by atoms with Crippen LogP contribution in [-0.2, 0) is 6.42 Å². The van der Waals surface area contributed by atoms with Crippen LogP contribution in [0.5, 0.6) is 0 Å². The number of hydrogen-bond donors (Lipinski definition) is 0. The fourth-order valence-electron chi connectivity index (χ4n) is 5.21. The van der Waals surface area contributed by atoms with Crippen molar-refractivity contribution in [1.82, 2.24) is 19.9 Å². The molecule has 4 nitrogen and oxygen atoms in total. The van der Waals surface area contributed by atoms with E-state index in [1.165, 1.54) is 50.0 Å². The fourth-order valence-corrected chi connectivity index (χ4v) is 5.38. The van der Waals surface area contributed by atoms with E-state index in [-0.39, 0.29) is 5.82 Å². The van der Waals surface area contributed by atoms with Crippen LogP contribution in [0.1, 0.15) is 24.8 Å². The number of nitrogens with zero attached hydrogens (tertiary/aromatic N) is 4. The first kappa shape index (κ1) is 24.7. The van der Waals surface area contributed by atoms with Crippen molar-refractivity contribution >= 4 is 22.6 Å². The highest BCUT2D eigenvalue weighted by molar-refractivity contribution is 6.30. The van der Waals surface area contributed by atoms with Crippen LogP contribution < -0.4 is 0 Å². The Hall–Kier alpha value is -3.67. The largest absolute Gasteiger partial charge is 0.303 e. The summed E-state index contributed by atoms with van der Waals surface area (Å²) in [6, 6.07) is 21.1. The number of fused-ring (bicyclic) bond motifs is 1. The van der Waals surface area contributed by atoms with Crippen molar-refractivity contribution in [1.29, 1.82) is 0 Å². The zero-order valence-corrected chi connectivity index (χ0v) is 21.8. The van der Waals surface area contributed by atoms with Crippen molar-refractivity contribution in [3.05, 3.63) is 102 Å². The zero-order valence-electron chi connectivity index (χ0n) is 21.1. The summed E-state index contributed by atoms with van der Waals surface area (Å²) in [5.41, 5.74) is 6.66. The lowest BCUT2D eigenvalue weighted by molar-refractivity contribution is 0.231. The minimum Gasteiger partial charge on any atom is -0.303 e. The van der Waals surface area contributed by atoms with E-state index in [4.69, 9.17) is 11.6 Å². The molecule has 0 bridgehead atoms. The molecule has 4 heterocycles. The standard InChI is InChI=1S/C32H28ClFN4/c33-26-10-11-30(34)29(18-26)31-19-28(27-5-4-13-36-32(27)37-31)25-17-24(20-35-21-25)23-8-6-22(7-9-23)12-16-38-14-2-1-3-15-38/h4-11,13,17-21H,1-3,12,14-16H2. The quantitative estimate of drug-likeness (QED) is 0.228. The Morgan fingerprint density at radius 1 is 0.816 bits per heavy atom. The Morgan fingerprint density at radius 2 is 1.63 bits per heavy atom. The predicted octanol–water partition coefficient (Wildman–Crippen LogP) is 7.85. The van der Waals surface area contributed by atoms with E-state index in [1.807, 2.05) is 30.6 Å². The fraction of sp³-hybridized carbons (Fsp3) is 0.219. The molecule has 1 fully saturated rings. The first-order chi connectivity index (χ1) is 18.6. The first-order valence-corrected chi connectivity index (χ1v) is 13.5. The molecule has 6 rings (SSSR count). The number of pyridine rings is 3. The van der Waals surface area contributed by atoms with E-state index >= 15 is 0 Å². The number of benzene rings is 2. The Morgan fingerprint density at radius 3 is 2.47 bits per heavy atom. The van der Waals surface area contributed by atoms with Gasteiger partial charge in [-0.1, -0.05) is 42.3 Å². The van der Waals surface area contributed by atoms with Crippen LogP contribution in [0, 0.1) is 5.82 Å². The van der Waals surface area contributed by atoms with E-state index in [2.05, 4.69) is 50.2 Å². The molecule has 1 aliphatic rings. The van der Waals surface area contributed by atoms with Gasteiger partial charge in [0.15, 0.2) is 5.65 Å². The van der Waals surface area contributed by atoms with E-state index < -0.39 is 0 Å². The summed E-state index contributed by atoms with van der Waals surface area (Å²) in [4.78, 5) is 16.2. The zero-order chi connectivity index (χ0) is 25.9. The molecule has 2 aromatic carbocycles. The van der Waals surface area contributed by atoms with Gasteiger partial charge in [-0.05, 0) is 91.5 Å². The molecule has 0 spiro atoms. The summed E-state index contributed by atoms with van der Waals surface area (Å²) in [7, 11) is 0. The van der Waals surface area contributed by atoms with Crippen LogP contribution in [0.4, 0.5) is 4.39 Å². The SMILES string of the molecule is Fc1ccc(Cl)cc1-c1cc(-c2cncc(-c3ccc(CCN4CCCCC4)cc3)c2)c2cccnc2n1. The molecule has 6 heteroatoms. The molecule has 1 aliphatic heterocycles. The third kappa shape index (κ3) is 5.31. The second kappa shape index (κ2) is 11.0. The average molecular weight is 523 g/mol. The maximum atomic E-state index is 14.7. The summed E-state index contributed by atoms with van der Waals surface area (Å²) in [6.07, 6.45) is 10.5. The van der Waals surface area contributed by atoms with Crippen molar-refractivity contribution in [2.24, 2.45) is 0 Å². The predicted molar refractivity (Wildman–Crippen MR) is 153 cm³/mol. The topological polar surface area (TPSA) is 41.9 Å². The van der Waals surface area contributed by atoms with Crippen LogP contribution in [0.15, 0.2) is 85.3 Å². The van der Waals surface area contributed by atoms with Crippen molar-refractivity contribution in [3.8, 4) is 33.5 Å². The highest BCUT2D eigenvalue weighted by Crippen LogP contribution is 2.34. The van der Waals surface area contributed by atoms with Gasteiger partial charge in [0.05, 0.1) is 5.69 Å². The summed E-state index contributed by atoms with van der Waals surface area (Å²) in [6.45, 7) is 3.57. The summed E-state index contributed by atoms with van der Waals surface area (Å²) < 4.78 is 14.7. The number of halogens is 2. The van der Waals surface area contributed by atoms with Crippen molar-refractivity contribution in [2.75, 3.05) is 19.6 Å². The monoisotopic (exact) mass is 522 g/mol. The maximum absolute atomic E-state index is 14.7. The van der Waals surface area contributed by atoms with Crippen molar-refractivity contribution < 1.29 is 4.39 Å². The van der Waals surface area contributed by atoms with Crippen LogP contribution in [0.25, 0.3) is 44.5 Å². The van der Waals surface area contributed by atoms with Gasteiger partial charge in [-0.25, -0.2) is 14.4 Å². The number of piperidine rings is 1. The van der Waals surface area contributed by atoms with E-state index in [0.717, 1.165) is 40.6 Å². The molecule has 0 unspecified atom stereocenters. The summed E-state index contributed by atoms with van der Waals surface area (Å²) in [5.74, 6) is -0.379. The smallest absolute Gasteiger partial charge is 0.160 e. The van der Waals surface area contributed by atoms with Crippen molar-refractivity contribution in [3.63, 3.8) is 0 Å². The molecule has 0 amide bonds. The van der Waals surface area contributed by atoms with Gasteiger partial charge in [0, 0.05) is 52.2 Å². The molecule has 0 atom stereocenters. The van der Waals surface area contributed by atoms with Gasteiger partial charge < -0.3 is 4.90 Å². The number of aromatic nitrogens is 3. The minimum atomic E-state index is -0.379. The Labute approximate surface area is 227 Å². The lowest BCUT2D eigenvalue weighted by atomic mass is 9.97. The Kier molecular flexibility index (Phi) is 7.12. The molecule has 190 valence electrons. The van der Waals surface area contributed by atoms with Gasteiger partial charge in [-0.15, -0.1) is 0 Å². The third-order valence-electron chi connectivity index (χ3n) is 7.29. The molecule has 3 aromatic heterocycles. The lowest BCUT2D eigenvalue weighted by Gasteiger charge is -2.26. The minimum absolute atomic E-state index is 0.343. The number of likely N-dealkylation sites (tertiary alicyclic amines) is 1. The summed E-state index contributed by atoms with van der Waals surface area (Å²) in [5, 5.41) is 1.33. The first-order valence-electron chi connectivity index (χ1n) is 13.1. The highest BCUT2D eigenvalue weighted by atomic mass is 35.5. The molecule has 0 aliphatic carbocycles. The van der Waals surface area contributed by atoms with Gasteiger partial charge in [-0.2, -0.15) is 0 Å².